The molecule has 8 heteroatoms. The van der Waals surface area contributed by atoms with Gasteiger partial charge in [0.2, 0.25) is 11.7 Å². The van der Waals surface area contributed by atoms with Gasteiger partial charge in [0.25, 0.3) is 0 Å². The zero-order valence-electron chi connectivity index (χ0n) is 16.8. The Bertz CT molecular complexity index is 1270. The Morgan fingerprint density at radius 3 is 2.61 bits per heavy atom. The number of nitrogens with one attached hydrogen (secondary N) is 1. The third-order valence-electron chi connectivity index (χ3n) is 5.64. The van der Waals surface area contributed by atoms with Crippen molar-refractivity contribution in [3.8, 4) is 17.0 Å². The molecule has 0 saturated carbocycles. The fourth-order valence-corrected chi connectivity index (χ4v) is 4.24. The first-order valence-corrected chi connectivity index (χ1v) is 10.3. The number of hydrogen-bond acceptors (Lipinski definition) is 6. The number of ether oxygens (including phenoxy) is 1. The highest BCUT2D eigenvalue weighted by Gasteiger charge is 2.24. The number of hydrogen-bond donors (Lipinski definition) is 2. The van der Waals surface area contributed by atoms with Gasteiger partial charge in [-0.05, 0) is 36.8 Å². The van der Waals surface area contributed by atoms with Crippen LogP contribution in [0.2, 0.25) is 5.02 Å². The van der Waals surface area contributed by atoms with Crippen LogP contribution >= 0.6 is 11.6 Å². The Kier molecular flexibility index (Phi) is 4.92. The summed E-state index contributed by atoms with van der Waals surface area (Å²) in [4.78, 5) is 18.2. The first-order chi connectivity index (χ1) is 15.0. The van der Waals surface area contributed by atoms with Crippen molar-refractivity contribution in [2.24, 2.45) is 0 Å². The number of aromatic hydroxyl groups is 1. The fourth-order valence-electron chi connectivity index (χ4n) is 3.97. The molecule has 0 unspecified atom stereocenters. The molecule has 0 amide bonds. The lowest BCUT2D eigenvalue weighted by Crippen LogP contribution is -2.36. The second-order valence-electron chi connectivity index (χ2n) is 7.52. The number of carbonyl (C=O) groups excluding carboxylic acids is 1. The number of carbonyl (C=O) groups is 1. The van der Waals surface area contributed by atoms with Crippen LogP contribution in [-0.2, 0) is 4.74 Å². The number of ketones is 1. The van der Waals surface area contributed by atoms with Gasteiger partial charge in [-0.2, -0.15) is 0 Å². The zero-order valence-corrected chi connectivity index (χ0v) is 17.6. The van der Waals surface area contributed by atoms with Crippen LogP contribution in [0.3, 0.4) is 0 Å². The van der Waals surface area contributed by atoms with E-state index in [-0.39, 0.29) is 17.2 Å². The summed E-state index contributed by atoms with van der Waals surface area (Å²) in [5.74, 6) is -0.574. The van der Waals surface area contributed by atoms with Gasteiger partial charge < -0.3 is 24.3 Å². The first kappa shape index (κ1) is 19.7. The van der Waals surface area contributed by atoms with E-state index in [4.69, 9.17) is 20.9 Å². The highest BCUT2D eigenvalue weighted by molar-refractivity contribution is 6.34. The van der Waals surface area contributed by atoms with Crippen molar-refractivity contribution in [3.63, 3.8) is 0 Å². The second kappa shape index (κ2) is 7.76. The van der Waals surface area contributed by atoms with Gasteiger partial charge in [0, 0.05) is 29.7 Å². The predicted molar refractivity (Wildman–Crippen MR) is 118 cm³/mol. The lowest BCUT2D eigenvalue weighted by molar-refractivity contribution is 0.103. The number of aromatic amines is 1. The van der Waals surface area contributed by atoms with Gasteiger partial charge in [-0.3, -0.25) is 4.79 Å². The van der Waals surface area contributed by atoms with Crippen LogP contribution in [0.15, 0.2) is 47.2 Å². The fraction of sp³-hybridized carbons (Fsp3) is 0.217. The molecule has 0 atom stereocenters. The normalized spacial score (nSPS) is 14.3. The van der Waals surface area contributed by atoms with Crippen LogP contribution in [0, 0.1) is 6.92 Å². The summed E-state index contributed by atoms with van der Waals surface area (Å²) in [6, 6.07) is 11.7. The summed E-state index contributed by atoms with van der Waals surface area (Å²) < 4.78 is 10.3. The smallest absolute Gasteiger partial charge is 0.204 e. The molecule has 1 saturated heterocycles. The van der Waals surface area contributed by atoms with E-state index in [9.17, 15) is 9.90 Å². The van der Waals surface area contributed by atoms with Crippen molar-refractivity contribution in [1.29, 1.82) is 0 Å². The second-order valence-corrected chi connectivity index (χ2v) is 7.92. The van der Waals surface area contributed by atoms with Crippen LogP contribution in [0.4, 0.5) is 5.69 Å². The Hall–Kier alpha value is -3.29. The Morgan fingerprint density at radius 2 is 1.94 bits per heavy atom. The van der Waals surface area contributed by atoms with Gasteiger partial charge in [0.05, 0.1) is 40.6 Å². The van der Waals surface area contributed by atoms with E-state index in [0.717, 1.165) is 43.1 Å². The van der Waals surface area contributed by atoms with Gasteiger partial charge in [0.1, 0.15) is 6.26 Å². The minimum atomic E-state index is -0.363. The Morgan fingerprint density at radius 1 is 1.19 bits per heavy atom. The number of aromatic nitrogens is 2. The number of aryl methyl sites for hydroxylation is 1. The summed E-state index contributed by atoms with van der Waals surface area (Å²) >= 11 is 6.55. The number of halogens is 1. The van der Waals surface area contributed by atoms with Crippen LogP contribution in [0.5, 0.6) is 5.88 Å². The molecule has 0 spiro atoms. The largest absolute Gasteiger partial charge is 0.494 e. The number of anilines is 1. The van der Waals surface area contributed by atoms with Gasteiger partial charge in [-0.15, -0.1) is 0 Å². The minimum absolute atomic E-state index is 0.171. The predicted octanol–water partition coefficient (Wildman–Crippen LogP) is 4.56. The number of fused-ring (bicyclic) bond motifs is 1. The van der Waals surface area contributed by atoms with Crippen molar-refractivity contribution in [1.82, 2.24) is 10.1 Å². The topological polar surface area (TPSA) is 91.6 Å². The summed E-state index contributed by atoms with van der Waals surface area (Å²) in [6.45, 7) is 4.86. The number of H-pyrrole nitrogens is 1. The molecule has 5 rings (SSSR count). The van der Waals surface area contributed by atoms with Crippen molar-refractivity contribution in [2.45, 2.75) is 6.92 Å². The van der Waals surface area contributed by atoms with E-state index in [1.165, 1.54) is 6.26 Å². The van der Waals surface area contributed by atoms with E-state index in [1.807, 2.05) is 18.2 Å². The van der Waals surface area contributed by atoms with E-state index in [2.05, 4.69) is 27.2 Å². The third kappa shape index (κ3) is 3.45. The molecule has 1 aliphatic heterocycles. The van der Waals surface area contributed by atoms with E-state index < -0.39 is 0 Å². The molecule has 2 aromatic heterocycles. The maximum absolute atomic E-state index is 13.0. The molecule has 1 aliphatic rings. The molecule has 2 aromatic carbocycles. The highest BCUT2D eigenvalue weighted by Crippen LogP contribution is 2.38. The summed E-state index contributed by atoms with van der Waals surface area (Å²) in [7, 11) is 0. The Labute approximate surface area is 183 Å². The molecule has 0 bridgehead atoms. The molecule has 0 radical (unpaired) electrons. The van der Waals surface area contributed by atoms with Gasteiger partial charge in [-0.25, -0.2) is 0 Å². The monoisotopic (exact) mass is 437 g/mol. The molecule has 3 heterocycles. The maximum Gasteiger partial charge on any atom is 0.204 e. The lowest BCUT2D eigenvalue weighted by Gasteiger charge is -2.29. The van der Waals surface area contributed by atoms with Crippen LogP contribution in [-0.4, -0.2) is 47.3 Å². The first-order valence-electron chi connectivity index (χ1n) is 9.96. The SMILES string of the molecule is Cc1nocc1C(=O)c1c(O)[nH]c2cc(Cl)c(-c3ccc(N4CCOCC4)cc3)cc12. The summed E-state index contributed by atoms with van der Waals surface area (Å²) in [6.07, 6.45) is 1.29. The van der Waals surface area contributed by atoms with Crippen LogP contribution < -0.4 is 4.90 Å². The molecule has 158 valence electrons. The highest BCUT2D eigenvalue weighted by atomic mass is 35.5. The molecule has 2 N–H and O–H groups in total. The lowest BCUT2D eigenvalue weighted by atomic mass is 9.98. The van der Waals surface area contributed by atoms with Crippen molar-refractivity contribution >= 4 is 34.0 Å². The maximum atomic E-state index is 13.0. The van der Waals surface area contributed by atoms with Crippen molar-refractivity contribution in [2.75, 3.05) is 31.2 Å². The quantitative estimate of drug-likeness (QED) is 0.455. The average Bonchev–Trinajstić information content (AvgIpc) is 3.35. The number of morpholine rings is 1. The van der Waals surface area contributed by atoms with Gasteiger partial charge in [-0.1, -0.05) is 28.9 Å². The molecular formula is C23H20ClN3O4. The zero-order chi connectivity index (χ0) is 21.5. The van der Waals surface area contributed by atoms with Gasteiger partial charge in [0.15, 0.2) is 0 Å². The van der Waals surface area contributed by atoms with E-state index >= 15 is 0 Å². The van der Waals surface area contributed by atoms with Crippen molar-refractivity contribution < 1.29 is 19.2 Å². The Balaban J connectivity index is 1.56. The minimum Gasteiger partial charge on any atom is -0.494 e. The molecule has 1 fully saturated rings. The average molecular weight is 438 g/mol. The molecule has 7 nitrogen and oxygen atoms in total. The van der Waals surface area contributed by atoms with E-state index in [1.54, 1.807) is 13.0 Å². The molecule has 4 aromatic rings. The standard InChI is InChI=1S/C23H20ClN3O4/c1-13-18(12-31-26-13)22(28)21-17-10-16(19(24)11-20(17)25-23(21)29)14-2-4-15(5-3-14)27-6-8-30-9-7-27/h2-5,10-12,25,29H,6-9H2,1H3. The van der Waals surface area contributed by atoms with Crippen molar-refractivity contribution in [3.05, 3.63) is 64.5 Å². The third-order valence-corrected chi connectivity index (χ3v) is 5.96. The number of nitrogens with zero attached hydrogens (tertiary/aromatic N) is 2. The number of benzene rings is 2. The van der Waals surface area contributed by atoms with Crippen LogP contribution in [0.25, 0.3) is 22.0 Å². The summed E-state index contributed by atoms with van der Waals surface area (Å²) in [5.41, 5.74) is 4.34. The van der Waals surface area contributed by atoms with Crippen LogP contribution in [0.1, 0.15) is 21.6 Å². The van der Waals surface area contributed by atoms with Gasteiger partial charge >= 0.3 is 0 Å². The molecule has 0 aliphatic carbocycles. The summed E-state index contributed by atoms with van der Waals surface area (Å²) in [5, 5.41) is 15.3. The van der Waals surface area contributed by atoms with E-state index in [0.29, 0.717) is 27.2 Å². The molecular weight excluding hydrogens is 418 g/mol. The number of rotatable bonds is 4. The molecule has 31 heavy (non-hydrogen) atoms.